The van der Waals surface area contributed by atoms with Gasteiger partial charge in [-0.15, -0.1) is 0 Å². The molecule has 19 heavy (non-hydrogen) atoms. The van der Waals surface area contributed by atoms with Crippen LogP contribution >= 0.6 is 0 Å². The van der Waals surface area contributed by atoms with Crippen molar-refractivity contribution in [1.29, 1.82) is 0 Å². The molecule has 0 unspecified atom stereocenters. The van der Waals surface area contributed by atoms with Crippen molar-refractivity contribution in [2.75, 3.05) is 0 Å². The molecule has 1 aliphatic carbocycles. The quantitative estimate of drug-likeness (QED) is 0.887. The highest BCUT2D eigenvalue weighted by Gasteiger charge is 2.20. The molecule has 0 radical (unpaired) electrons. The zero-order valence-electron chi connectivity index (χ0n) is 11.1. The Hall–Kier alpha value is -1.81. The van der Waals surface area contributed by atoms with Crippen molar-refractivity contribution in [1.82, 2.24) is 20.3 Å². The summed E-state index contributed by atoms with van der Waals surface area (Å²) in [4.78, 5) is 13.4. The molecule has 0 atom stereocenters. The van der Waals surface area contributed by atoms with Crippen LogP contribution in [0.25, 0.3) is 0 Å². The highest BCUT2D eigenvalue weighted by atomic mass is 15.0. The van der Waals surface area contributed by atoms with Crippen molar-refractivity contribution >= 4 is 0 Å². The second-order valence-electron chi connectivity index (χ2n) is 5.07. The Morgan fingerprint density at radius 1 is 1.21 bits per heavy atom. The molecular weight excluding hydrogens is 236 g/mol. The largest absolute Gasteiger partial charge is 0.308 e. The van der Waals surface area contributed by atoms with Crippen LogP contribution < -0.4 is 5.32 Å². The van der Waals surface area contributed by atoms with Gasteiger partial charge < -0.3 is 5.32 Å². The van der Waals surface area contributed by atoms with Gasteiger partial charge in [-0.1, -0.05) is 6.07 Å². The highest BCUT2D eigenvalue weighted by Crippen LogP contribution is 2.19. The van der Waals surface area contributed by atoms with Crippen molar-refractivity contribution in [3.63, 3.8) is 0 Å². The Morgan fingerprint density at radius 2 is 2.11 bits per heavy atom. The Balaban J connectivity index is 1.72. The van der Waals surface area contributed by atoms with Crippen LogP contribution in [0.4, 0.5) is 0 Å². The molecule has 2 aromatic rings. The Bertz CT molecular complexity index is 549. The predicted molar refractivity (Wildman–Crippen MR) is 73.7 cm³/mol. The van der Waals surface area contributed by atoms with Crippen LogP contribution in [0, 0.1) is 6.92 Å². The molecule has 1 fully saturated rings. The van der Waals surface area contributed by atoms with Crippen molar-refractivity contribution in [3.8, 4) is 0 Å². The zero-order chi connectivity index (χ0) is 13.1. The number of nitrogens with one attached hydrogen (secondary N) is 1. The average Bonchev–Trinajstić information content (AvgIpc) is 3.21. The maximum atomic E-state index is 4.61. The molecule has 4 heteroatoms. The van der Waals surface area contributed by atoms with Crippen molar-refractivity contribution in [3.05, 3.63) is 53.4 Å². The third-order valence-corrected chi connectivity index (χ3v) is 3.17. The average molecular weight is 254 g/mol. The fourth-order valence-electron chi connectivity index (χ4n) is 2.07. The van der Waals surface area contributed by atoms with Crippen LogP contribution in [0.1, 0.15) is 35.7 Å². The van der Waals surface area contributed by atoms with Gasteiger partial charge in [0.15, 0.2) is 0 Å². The van der Waals surface area contributed by atoms with Crippen LogP contribution in [0.3, 0.4) is 0 Å². The van der Waals surface area contributed by atoms with E-state index in [1.54, 1.807) is 6.20 Å². The lowest BCUT2D eigenvalue weighted by Gasteiger charge is -2.06. The molecule has 0 aromatic carbocycles. The van der Waals surface area contributed by atoms with E-state index in [1.165, 1.54) is 12.8 Å². The monoisotopic (exact) mass is 254 g/mol. The first-order chi connectivity index (χ1) is 9.29. The van der Waals surface area contributed by atoms with Crippen LogP contribution in [0.5, 0.6) is 0 Å². The van der Waals surface area contributed by atoms with Crippen molar-refractivity contribution < 1.29 is 0 Å². The van der Waals surface area contributed by atoms with Gasteiger partial charge in [0.2, 0.25) is 0 Å². The van der Waals surface area contributed by atoms with Crippen LogP contribution in [0.15, 0.2) is 30.5 Å². The molecule has 3 rings (SSSR count). The summed E-state index contributed by atoms with van der Waals surface area (Å²) in [6.07, 6.45) is 5.09. The molecule has 1 N–H and O–H groups in total. The van der Waals surface area contributed by atoms with Gasteiger partial charge in [-0.3, -0.25) is 4.98 Å². The van der Waals surface area contributed by atoms with E-state index in [-0.39, 0.29) is 0 Å². The van der Waals surface area contributed by atoms with Gasteiger partial charge in [-0.25, -0.2) is 9.97 Å². The van der Waals surface area contributed by atoms with E-state index in [0.29, 0.717) is 12.5 Å². The number of aryl methyl sites for hydroxylation is 1. The molecule has 0 amide bonds. The van der Waals surface area contributed by atoms with Gasteiger partial charge in [-0.05, 0) is 38.0 Å². The molecule has 4 nitrogen and oxygen atoms in total. The first-order valence-electron chi connectivity index (χ1n) is 6.76. The summed E-state index contributed by atoms with van der Waals surface area (Å²) >= 11 is 0. The number of pyridine rings is 1. The summed E-state index contributed by atoms with van der Waals surface area (Å²) in [5, 5.41) is 3.49. The lowest BCUT2D eigenvalue weighted by molar-refractivity contribution is 0.667. The molecule has 0 bridgehead atoms. The van der Waals surface area contributed by atoms with Gasteiger partial charge >= 0.3 is 0 Å². The van der Waals surface area contributed by atoms with Crippen LogP contribution in [-0.2, 0) is 13.0 Å². The molecule has 0 spiro atoms. The van der Waals surface area contributed by atoms with Gasteiger partial charge in [0, 0.05) is 30.2 Å². The van der Waals surface area contributed by atoms with Gasteiger partial charge in [0.05, 0.1) is 12.1 Å². The Kier molecular flexibility index (Phi) is 3.51. The maximum Gasteiger partial charge on any atom is 0.134 e. The molecule has 1 saturated carbocycles. The van der Waals surface area contributed by atoms with Gasteiger partial charge in [-0.2, -0.15) is 0 Å². The summed E-state index contributed by atoms with van der Waals surface area (Å²) in [6.45, 7) is 2.85. The summed E-state index contributed by atoms with van der Waals surface area (Å²) in [6, 6.07) is 8.68. The molecule has 0 saturated heterocycles. The second kappa shape index (κ2) is 5.45. The predicted octanol–water partition coefficient (Wildman–Crippen LogP) is 2.02. The van der Waals surface area contributed by atoms with E-state index in [0.717, 1.165) is 29.5 Å². The number of hydrogen-bond donors (Lipinski definition) is 1. The van der Waals surface area contributed by atoms with E-state index >= 15 is 0 Å². The molecule has 98 valence electrons. The third-order valence-electron chi connectivity index (χ3n) is 3.17. The molecule has 2 aromatic heterocycles. The van der Waals surface area contributed by atoms with E-state index in [9.17, 15) is 0 Å². The van der Waals surface area contributed by atoms with Crippen LogP contribution in [0.2, 0.25) is 0 Å². The minimum absolute atomic E-state index is 0.693. The number of aromatic nitrogens is 3. The zero-order valence-corrected chi connectivity index (χ0v) is 11.1. The molecular formula is C15H18N4. The third kappa shape index (κ3) is 3.58. The second-order valence-corrected chi connectivity index (χ2v) is 5.07. The lowest BCUT2D eigenvalue weighted by atomic mass is 10.2. The standard InChI is InChI=1S/C15H18N4/c1-11-8-14(10-17-12-5-6-12)19-15(18-11)9-13-4-2-3-7-16-13/h2-4,7-8,12,17H,5-6,9-10H2,1H3. The van der Waals surface area contributed by atoms with E-state index in [1.807, 2.05) is 25.1 Å². The lowest BCUT2D eigenvalue weighted by Crippen LogP contribution is -2.17. The number of hydrogen-bond acceptors (Lipinski definition) is 4. The Labute approximate surface area is 113 Å². The summed E-state index contributed by atoms with van der Waals surface area (Å²) in [7, 11) is 0. The fraction of sp³-hybridized carbons (Fsp3) is 0.400. The number of nitrogens with zero attached hydrogens (tertiary/aromatic N) is 3. The first kappa shape index (κ1) is 12.2. The summed E-state index contributed by atoms with van der Waals surface area (Å²) < 4.78 is 0. The molecule has 1 aliphatic rings. The first-order valence-corrected chi connectivity index (χ1v) is 6.76. The maximum absolute atomic E-state index is 4.61. The number of rotatable bonds is 5. The normalized spacial score (nSPS) is 14.6. The smallest absolute Gasteiger partial charge is 0.134 e. The summed E-state index contributed by atoms with van der Waals surface area (Å²) in [5.74, 6) is 0.853. The molecule has 2 heterocycles. The van der Waals surface area contributed by atoms with E-state index in [4.69, 9.17) is 0 Å². The Morgan fingerprint density at radius 3 is 2.84 bits per heavy atom. The fourth-order valence-corrected chi connectivity index (χ4v) is 2.07. The highest BCUT2D eigenvalue weighted by molar-refractivity contribution is 5.15. The molecule has 0 aliphatic heterocycles. The summed E-state index contributed by atoms with van der Waals surface area (Å²) in [5.41, 5.74) is 3.10. The van der Waals surface area contributed by atoms with E-state index in [2.05, 4.69) is 26.3 Å². The van der Waals surface area contributed by atoms with Crippen molar-refractivity contribution in [2.24, 2.45) is 0 Å². The minimum atomic E-state index is 0.693. The van der Waals surface area contributed by atoms with E-state index < -0.39 is 0 Å². The van der Waals surface area contributed by atoms with Crippen molar-refractivity contribution in [2.45, 2.75) is 38.8 Å². The van der Waals surface area contributed by atoms with Crippen LogP contribution in [-0.4, -0.2) is 21.0 Å². The van der Waals surface area contributed by atoms with Gasteiger partial charge in [0.25, 0.3) is 0 Å². The van der Waals surface area contributed by atoms with Gasteiger partial charge in [0.1, 0.15) is 5.82 Å². The minimum Gasteiger partial charge on any atom is -0.308 e. The topological polar surface area (TPSA) is 50.7 Å². The SMILES string of the molecule is Cc1cc(CNC2CC2)nc(Cc2ccccn2)n1.